The van der Waals surface area contributed by atoms with Gasteiger partial charge in [0.2, 0.25) is 0 Å². The summed E-state index contributed by atoms with van der Waals surface area (Å²) in [7, 11) is 1.43. The molecule has 0 spiro atoms. The number of aromatic nitrogens is 5. The quantitative estimate of drug-likeness (QED) is 0.379. The summed E-state index contributed by atoms with van der Waals surface area (Å²) in [6.07, 6.45) is 0.310. The highest BCUT2D eigenvalue weighted by molar-refractivity contribution is 5.86. The minimum atomic E-state index is -1.06. The van der Waals surface area contributed by atoms with E-state index in [0.717, 1.165) is 0 Å². The molecule has 0 bridgehead atoms. The maximum Gasteiger partial charge on any atom is 0.331 e. The number of aliphatic hydroxyl groups excluding tert-OH is 3. The van der Waals surface area contributed by atoms with E-state index >= 15 is 0 Å². The first kappa shape index (κ1) is 27.1. The third-order valence-corrected chi connectivity index (χ3v) is 7.00. The molecule has 0 radical (unpaired) electrons. The molecule has 1 saturated heterocycles. The molecule has 39 heavy (non-hydrogen) atoms. The Morgan fingerprint density at radius 1 is 1.10 bits per heavy atom. The molecule has 0 amide bonds. The van der Waals surface area contributed by atoms with E-state index in [1.54, 1.807) is 22.8 Å². The topological polar surface area (TPSA) is 180 Å². The highest BCUT2D eigenvalue weighted by Gasteiger charge is 2.45. The number of cyclic esters (lactones) is 2. The van der Waals surface area contributed by atoms with E-state index in [0.29, 0.717) is 41.0 Å². The molecule has 14 nitrogen and oxygen atoms in total. The van der Waals surface area contributed by atoms with Crippen molar-refractivity contribution in [2.75, 3.05) is 13.7 Å². The van der Waals surface area contributed by atoms with Crippen LogP contribution in [0.5, 0.6) is 0 Å². The van der Waals surface area contributed by atoms with Gasteiger partial charge < -0.3 is 34.3 Å². The van der Waals surface area contributed by atoms with Crippen LogP contribution in [0.1, 0.15) is 50.4 Å². The molecule has 210 valence electrons. The zero-order valence-electron chi connectivity index (χ0n) is 21.7. The average molecular weight is 546 g/mol. The van der Waals surface area contributed by atoms with E-state index < -0.39 is 61.4 Å². The summed E-state index contributed by atoms with van der Waals surface area (Å²) in [5.41, 5.74) is 1.84. The van der Waals surface area contributed by atoms with Crippen molar-refractivity contribution in [3.05, 3.63) is 36.2 Å². The molecule has 5 heterocycles. The highest BCUT2D eigenvalue weighted by Crippen LogP contribution is 2.34. The summed E-state index contributed by atoms with van der Waals surface area (Å²) >= 11 is 0. The van der Waals surface area contributed by atoms with Crippen LogP contribution >= 0.6 is 0 Å². The standard InChI is InChI=1S/C25H31N5O9/c1-12-4-5-14(32)6-7-17(33)38-13(2)19-15(8-18(34)37-12)29-11-27-23-20(24(29)28-19)26-10-30(23)25-22(36-3)21(35)16(9-31)39-25/h6-7,10-14,16,21-22,25,31-32,35H,4-5,8-9H2,1-3H3/b7-6+/t12-,13-,14-,16+,21+,22+,25+/m0/s1. The van der Waals surface area contributed by atoms with E-state index in [9.17, 15) is 24.9 Å². The van der Waals surface area contributed by atoms with Crippen LogP contribution in [0.4, 0.5) is 0 Å². The Bertz CT molecular complexity index is 1400. The van der Waals surface area contributed by atoms with Crippen molar-refractivity contribution in [3.63, 3.8) is 0 Å². The second-order valence-electron chi connectivity index (χ2n) is 9.70. The third kappa shape index (κ3) is 5.13. The zero-order chi connectivity index (χ0) is 27.8. The van der Waals surface area contributed by atoms with E-state index in [1.165, 1.54) is 31.9 Å². The van der Waals surface area contributed by atoms with Gasteiger partial charge in [-0.1, -0.05) is 0 Å². The van der Waals surface area contributed by atoms with Crippen molar-refractivity contribution in [3.8, 4) is 0 Å². The molecule has 0 aromatic carbocycles. The predicted octanol–water partition coefficient (Wildman–Crippen LogP) is 0.134. The number of ether oxygens (including phenoxy) is 4. The molecule has 2 aliphatic rings. The van der Waals surface area contributed by atoms with Crippen molar-refractivity contribution in [1.82, 2.24) is 23.9 Å². The lowest BCUT2D eigenvalue weighted by atomic mass is 10.1. The number of hydrogen-bond acceptors (Lipinski definition) is 12. The summed E-state index contributed by atoms with van der Waals surface area (Å²) < 4.78 is 25.5. The minimum Gasteiger partial charge on any atom is -0.462 e. The molecule has 0 unspecified atom stereocenters. The van der Waals surface area contributed by atoms with Crippen LogP contribution in [0.15, 0.2) is 24.8 Å². The number of imidazole rings is 2. The van der Waals surface area contributed by atoms with Crippen LogP contribution in [-0.4, -0.2) is 95.4 Å². The van der Waals surface area contributed by atoms with Crippen molar-refractivity contribution in [2.45, 2.75) is 76.0 Å². The zero-order valence-corrected chi connectivity index (χ0v) is 21.7. The lowest BCUT2D eigenvalue weighted by Gasteiger charge is -2.19. The van der Waals surface area contributed by atoms with E-state index in [-0.39, 0.29) is 6.42 Å². The number of fused-ring (bicyclic) bond motifs is 5. The largest absolute Gasteiger partial charge is 0.462 e. The summed E-state index contributed by atoms with van der Waals surface area (Å²) in [5.74, 6) is -1.17. The fraction of sp³-hybridized carbons (Fsp3) is 0.560. The van der Waals surface area contributed by atoms with Crippen molar-refractivity contribution < 1.29 is 43.9 Å². The summed E-state index contributed by atoms with van der Waals surface area (Å²) in [5, 5.41) is 30.1. The fourth-order valence-corrected chi connectivity index (χ4v) is 4.99. The van der Waals surface area contributed by atoms with Gasteiger partial charge >= 0.3 is 11.9 Å². The number of carbonyl (C=O) groups excluding carboxylic acids is 2. The van der Waals surface area contributed by atoms with Gasteiger partial charge in [0.1, 0.15) is 36.4 Å². The number of carbonyl (C=O) groups is 2. The van der Waals surface area contributed by atoms with Gasteiger partial charge in [-0.3, -0.25) is 13.8 Å². The van der Waals surface area contributed by atoms with Gasteiger partial charge in [-0.15, -0.1) is 0 Å². The normalized spacial score (nSPS) is 31.6. The lowest BCUT2D eigenvalue weighted by Crippen LogP contribution is -2.34. The van der Waals surface area contributed by atoms with Gasteiger partial charge in [0, 0.05) is 13.2 Å². The van der Waals surface area contributed by atoms with E-state index in [1.807, 2.05) is 0 Å². The minimum absolute atomic E-state index is 0.170. The SMILES string of the molecule is CO[C@@H]1[C@H](O)[C@@H](CO)O[C@H]1n1cnc2c1ncn1c3c(nc21)[C@H](C)OC(=O)/C=C/[C@@H](O)CC[C@H](C)OC(=O)C3. The number of nitrogens with zero attached hydrogens (tertiary/aromatic N) is 5. The van der Waals surface area contributed by atoms with Gasteiger partial charge in [0.15, 0.2) is 23.0 Å². The number of hydrogen-bond donors (Lipinski definition) is 3. The third-order valence-electron chi connectivity index (χ3n) is 7.00. The smallest absolute Gasteiger partial charge is 0.331 e. The van der Waals surface area contributed by atoms with Crippen LogP contribution in [0.2, 0.25) is 0 Å². The van der Waals surface area contributed by atoms with Crippen LogP contribution in [0.3, 0.4) is 0 Å². The molecule has 1 fully saturated rings. The second-order valence-corrected chi connectivity index (χ2v) is 9.70. The Morgan fingerprint density at radius 2 is 1.90 bits per heavy atom. The molecule has 7 atom stereocenters. The number of esters is 2. The van der Waals surface area contributed by atoms with Gasteiger partial charge in [-0.25, -0.2) is 19.7 Å². The summed E-state index contributed by atoms with van der Waals surface area (Å²) in [6, 6.07) is 0. The van der Waals surface area contributed by atoms with Crippen LogP contribution in [-0.2, 0) is 35.0 Å². The molecule has 2 aliphatic heterocycles. The lowest BCUT2D eigenvalue weighted by molar-refractivity contribution is -0.148. The Balaban J connectivity index is 1.58. The highest BCUT2D eigenvalue weighted by atomic mass is 16.6. The van der Waals surface area contributed by atoms with Crippen LogP contribution in [0.25, 0.3) is 16.8 Å². The second kappa shape index (κ2) is 11.0. The fourth-order valence-electron chi connectivity index (χ4n) is 4.99. The molecular formula is C25H31N5O9. The number of rotatable bonds is 3. The molecule has 5 rings (SSSR count). The molecular weight excluding hydrogens is 514 g/mol. The van der Waals surface area contributed by atoms with Crippen molar-refractivity contribution in [2.24, 2.45) is 0 Å². The van der Waals surface area contributed by atoms with Crippen LogP contribution < -0.4 is 0 Å². The maximum absolute atomic E-state index is 12.9. The Hall–Kier alpha value is -3.43. The molecule has 3 aromatic rings. The van der Waals surface area contributed by atoms with Crippen molar-refractivity contribution in [1.29, 1.82) is 0 Å². The first-order valence-corrected chi connectivity index (χ1v) is 12.7. The molecule has 3 aromatic heterocycles. The van der Waals surface area contributed by atoms with Gasteiger partial charge in [-0.05, 0) is 32.8 Å². The Morgan fingerprint density at radius 3 is 2.64 bits per heavy atom. The maximum atomic E-state index is 12.9. The van der Waals surface area contributed by atoms with Crippen molar-refractivity contribution >= 4 is 28.7 Å². The summed E-state index contributed by atoms with van der Waals surface area (Å²) in [6.45, 7) is 2.97. The number of aliphatic hydroxyl groups is 3. The molecule has 0 saturated carbocycles. The molecule has 3 N–H and O–H groups in total. The van der Waals surface area contributed by atoms with Gasteiger partial charge in [-0.2, -0.15) is 0 Å². The first-order valence-electron chi connectivity index (χ1n) is 12.7. The van der Waals surface area contributed by atoms with Crippen LogP contribution in [0, 0.1) is 0 Å². The average Bonchev–Trinajstić information content (AvgIpc) is 3.58. The summed E-state index contributed by atoms with van der Waals surface area (Å²) in [4.78, 5) is 39.0. The Kier molecular flexibility index (Phi) is 7.64. The van der Waals surface area contributed by atoms with E-state index in [4.69, 9.17) is 18.9 Å². The first-order chi connectivity index (χ1) is 18.7. The van der Waals surface area contributed by atoms with Gasteiger partial charge in [0.25, 0.3) is 0 Å². The molecule has 0 aliphatic carbocycles. The predicted molar refractivity (Wildman–Crippen MR) is 132 cm³/mol. The monoisotopic (exact) mass is 545 g/mol. The number of methoxy groups -OCH3 is 1. The van der Waals surface area contributed by atoms with Gasteiger partial charge in [0.05, 0.1) is 37.3 Å². The van der Waals surface area contributed by atoms with E-state index in [2.05, 4.69) is 15.0 Å². The molecule has 14 heteroatoms. The Labute approximate surface area is 222 Å².